The van der Waals surface area contributed by atoms with E-state index < -0.39 is 7.25 Å². The summed E-state index contributed by atoms with van der Waals surface area (Å²) in [6, 6.07) is 0.223. The Bertz CT molecular complexity index is 335. The second-order valence-corrected chi connectivity index (χ2v) is 4.49. The number of nitrogens with zero attached hydrogens (tertiary/aromatic N) is 2. The molecule has 1 aromatic heterocycles. The smallest absolute Gasteiger partial charge is 0.418 e. The molecule has 0 unspecified atom stereocenters. The molecule has 8 heteroatoms. The van der Waals surface area contributed by atoms with Crippen LogP contribution < -0.4 is 4.57 Å². The minimum absolute atomic E-state index is 0.215. The first-order chi connectivity index (χ1) is 8.13. The zero-order chi connectivity index (χ0) is 14.3. The molecule has 106 valence electrons. The van der Waals surface area contributed by atoms with Gasteiger partial charge in [0.05, 0.1) is 13.7 Å². The highest BCUT2D eigenvalue weighted by atomic mass is 19.5. The highest BCUT2D eigenvalue weighted by molar-refractivity contribution is 6.50. The van der Waals surface area contributed by atoms with Crippen LogP contribution >= 0.6 is 0 Å². The fourth-order valence-electron chi connectivity index (χ4n) is 1.52. The number of aryl methyl sites for hydroxylation is 1. The number of hydrogen-bond acceptors (Lipinski definition) is 1. The van der Waals surface area contributed by atoms with Gasteiger partial charge >= 0.3 is 7.25 Å². The van der Waals surface area contributed by atoms with Gasteiger partial charge in [0.2, 0.25) is 6.33 Å². The maximum atomic E-state index is 9.75. The molecule has 1 aromatic rings. The van der Waals surface area contributed by atoms with E-state index in [2.05, 4.69) is 18.4 Å². The van der Waals surface area contributed by atoms with Crippen LogP contribution in [0.3, 0.4) is 0 Å². The Morgan fingerprint density at radius 1 is 1.28 bits per heavy atom. The molecule has 0 aliphatic rings. The van der Waals surface area contributed by atoms with Crippen LogP contribution in [0.1, 0.15) is 26.3 Å². The minimum atomic E-state index is -6.00. The summed E-state index contributed by atoms with van der Waals surface area (Å²) >= 11 is 0. The first kappa shape index (κ1) is 17.0. The first-order valence-electron chi connectivity index (χ1n) is 5.64. The highest BCUT2D eigenvalue weighted by Gasteiger charge is 2.20. The van der Waals surface area contributed by atoms with E-state index in [9.17, 15) is 22.4 Å². The van der Waals surface area contributed by atoms with Gasteiger partial charge in [0.15, 0.2) is 0 Å². The lowest BCUT2D eigenvalue weighted by Crippen LogP contribution is -2.25. The van der Waals surface area contributed by atoms with Gasteiger partial charge in [-0.3, -0.25) is 0 Å². The van der Waals surface area contributed by atoms with E-state index in [-0.39, 0.29) is 12.6 Å². The van der Waals surface area contributed by atoms with Gasteiger partial charge in [0.25, 0.3) is 0 Å². The van der Waals surface area contributed by atoms with Crippen LogP contribution in [-0.2, 0) is 7.05 Å². The normalized spacial score (nSPS) is 13.2. The average molecular weight is 270 g/mol. The molecule has 0 saturated carbocycles. The van der Waals surface area contributed by atoms with Crippen LogP contribution in [-0.4, -0.2) is 23.5 Å². The molecule has 3 nitrogen and oxygen atoms in total. The van der Waals surface area contributed by atoms with Crippen LogP contribution in [0.15, 0.2) is 18.7 Å². The number of aromatic nitrogens is 2. The lowest BCUT2D eigenvalue weighted by Gasteiger charge is -2.12. The van der Waals surface area contributed by atoms with Gasteiger partial charge in [0.1, 0.15) is 18.4 Å². The van der Waals surface area contributed by atoms with Crippen LogP contribution in [0.5, 0.6) is 0 Å². The molecule has 0 radical (unpaired) electrons. The van der Waals surface area contributed by atoms with Crippen molar-refractivity contribution < 1.29 is 26.9 Å². The number of rotatable bonds is 4. The predicted molar refractivity (Wildman–Crippen MR) is 61.4 cm³/mol. The summed E-state index contributed by atoms with van der Waals surface area (Å²) in [6.45, 7) is 4.56. The van der Waals surface area contributed by atoms with Gasteiger partial charge in [-0.15, -0.1) is 0 Å². The Labute approximate surface area is 104 Å². The molecule has 0 spiro atoms. The van der Waals surface area contributed by atoms with Crippen LogP contribution in [0.25, 0.3) is 0 Å². The maximum absolute atomic E-state index is 9.75. The summed E-state index contributed by atoms with van der Waals surface area (Å²) in [4.78, 5) is 0. The summed E-state index contributed by atoms with van der Waals surface area (Å²) in [5, 5.41) is 9.21. The van der Waals surface area contributed by atoms with Crippen molar-refractivity contribution in [1.29, 1.82) is 0 Å². The largest absolute Gasteiger partial charge is 0.673 e. The van der Waals surface area contributed by atoms with Crippen molar-refractivity contribution in [2.75, 3.05) is 6.61 Å². The molecule has 0 aromatic carbocycles. The van der Waals surface area contributed by atoms with Gasteiger partial charge in [-0.05, 0) is 12.3 Å². The molecule has 18 heavy (non-hydrogen) atoms. The van der Waals surface area contributed by atoms with Gasteiger partial charge < -0.3 is 22.4 Å². The quantitative estimate of drug-likeness (QED) is 0.507. The van der Waals surface area contributed by atoms with Crippen molar-refractivity contribution in [2.45, 2.75) is 26.3 Å². The molecule has 1 rings (SSSR count). The second kappa shape index (κ2) is 7.40. The molecule has 0 saturated heterocycles. The fraction of sp³-hybridized carbons (Fsp3) is 0.700. The number of aliphatic hydroxyl groups is 1. The van der Waals surface area contributed by atoms with Crippen LogP contribution in [0, 0.1) is 5.92 Å². The van der Waals surface area contributed by atoms with Crippen LogP contribution in [0.4, 0.5) is 17.3 Å². The molecule has 0 aliphatic heterocycles. The van der Waals surface area contributed by atoms with Crippen molar-refractivity contribution in [1.82, 2.24) is 4.57 Å². The standard InChI is InChI=1S/C10H19N2O.BF4/c1-9(2)6-10(7-13)12-5-4-11(3)8-12;2-1(3,4)5/h4-5,8-10,13H,6-7H2,1-3H3;/q+1;-1/t10-;/m1./s1. The summed E-state index contributed by atoms with van der Waals surface area (Å²) in [6.07, 6.45) is 7.01. The predicted octanol–water partition coefficient (Wildman–Crippen LogP) is 2.19. The number of aliphatic hydroxyl groups excluding tert-OH is 1. The highest BCUT2D eigenvalue weighted by Crippen LogP contribution is 2.15. The third-order valence-corrected chi connectivity index (χ3v) is 2.17. The third-order valence-electron chi connectivity index (χ3n) is 2.17. The summed E-state index contributed by atoms with van der Waals surface area (Å²) < 4.78 is 43.1. The SMILES string of the molecule is CC(C)C[C@H](CO)n1cc[n+](C)c1.F[B-](F)(F)F. The van der Waals surface area contributed by atoms with E-state index in [4.69, 9.17) is 0 Å². The molecule has 0 fully saturated rings. The molecule has 0 aliphatic carbocycles. The molecular weight excluding hydrogens is 251 g/mol. The van der Waals surface area contributed by atoms with E-state index >= 15 is 0 Å². The third kappa shape index (κ3) is 9.03. The van der Waals surface area contributed by atoms with Crippen molar-refractivity contribution >= 4 is 7.25 Å². The molecule has 1 heterocycles. The Morgan fingerprint density at radius 3 is 2.06 bits per heavy atom. The van der Waals surface area contributed by atoms with Crippen LogP contribution in [0.2, 0.25) is 0 Å². The molecule has 1 N–H and O–H groups in total. The van der Waals surface area contributed by atoms with E-state index in [0.717, 1.165) is 6.42 Å². The Hall–Kier alpha value is -1.05. The fourth-order valence-corrected chi connectivity index (χ4v) is 1.52. The molecule has 0 bridgehead atoms. The number of halogens is 4. The topological polar surface area (TPSA) is 29.0 Å². The lowest BCUT2D eigenvalue weighted by atomic mass is 10.0. The Kier molecular flexibility index (Phi) is 6.97. The zero-order valence-electron chi connectivity index (χ0n) is 10.7. The van der Waals surface area contributed by atoms with Gasteiger partial charge in [0, 0.05) is 0 Å². The van der Waals surface area contributed by atoms with E-state index in [1.54, 1.807) is 0 Å². The summed E-state index contributed by atoms with van der Waals surface area (Å²) in [5.41, 5.74) is 0. The van der Waals surface area contributed by atoms with Gasteiger partial charge in [-0.25, -0.2) is 9.13 Å². The number of imidazole rings is 1. The van der Waals surface area contributed by atoms with E-state index in [1.165, 1.54) is 0 Å². The Balaban J connectivity index is 0.000000494. The first-order valence-corrected chi connectivity index (χ1v) is 5.64. The molecule has 0 amide bonds. The lowest BCUT2D eigenvalue weighted by molar-refractivity contribution is -0.671. The zero-order valence-corrected chi connectivity index (χ0v) is 10.7. The van der Waals surface area contributed by atoms with E-state index in [1.807, 2.05) is 30.3 Å². The minimum Gasteiger partial charge on any atom is -0.418 e. The second-order valence-electron chi connectivity index (χ2n) is 4.49. The van der Waals surface area contributed by atoms with Crippen molar-refractivity contribution in [3.05, 3.63) is 18.7 Å². The summed E-state index contributed by atoms with van der Waals surface area (Å²) in [7, 11) is -4.01. The maximum Gasteiger partial charge on any atom is 0.673 e. The summed E-state index contributed by atoms with van der Waals surface area (Å²) in [5.74, 6) is 0.616. The Morgan fingerprint density at radius 2 is 1.78 bits per heavy atom. The monoisotopic (exact) mass is 270 g/mol. The van der Waals surface area contributed by atoms with E-state index in [0.29, 0.717) is 5.92 Å². The average Bonchev–Trinajstić information content (AvgIpc) is 2.58. The van der Waals surface area contributed by atoms with Crippen molar-refractivity contribution in [3.63, 3.8) is 0 Å². The van der Waals surface area contributed by atoms with Crippen molar-refractivity contribution in [3.8, 4) is 0 Å². The molecule has 1 atom stereocenters. The molecular formula is C10H19BF4N2O. The number of hydrogen-bond donors (Lipinski definition) is 1. The van der Waals surface area contributed by atoms with Crippen molar-refractivity contribution in [2.24, 2.45) is 13.0 Å². The van der Waals surface area contributed by atoms with Gasteiger partial charge in [-0.2, -0.15) is 0 Å². The van der Waals surface area contributed by atoms with Gasteiger partial charge in [-0.1, -0.05) is 13.8 Å².